The lowest BCUT2D eigenvalue weighted by Crippen LogP contribution is -2.31. The highest BCUT2D eigenvalue weighted by molar-refractivity contribution is 7.07. The summed E-state index contributed by atoms with van der Waals surface area (Å²) in [5.41, 5.74) is 0.608. The number of rotatable bonds is 3. The molecule has 2 aromatic rings. The first kappa shape index (κ1) is 14.5. The molecule has 5 heteroatoms. The molecule has 0 unspecified atom stereocenters. The number of hydrogen-bond donors (Lipinski definition) is 0. The molecule has 0 spiro atoms. The quantitative estimate of drug-likeness (QED) is 0.796. The molecule has 0 aliphatic rings. The van der Waals surface area contributed by atoms with Crippen molar-refractivity contribution >= 4 is 23.0 Å². The zero-order valence-electron chi connectivity index (χ0n) is 11.1. The minimum atomic E-state index is -0.221. The molecule has 0 N–H and O–H groups in total. The lowest BCUT2D eigenvalue weighted by molar-refractivity contribution is 0.775. The molecular weight excluding hydrogens is 282 g/mol. The van der Waals surface area contributed by atoms with Gasteiger partial charge in [0.25, 0.3) is 5.56 Å². The van der Waals surface area contributed by atoms with E-state index < -0.39 is 0 Å². The topological polar surface area (TPSA) is 69.6 Å². The van der Waals surface area contributed by atoms with Crippen molar-refractivity contribution in [1.29, 1.82) is 10.5 Å². The second-order valence-corrected chi connectivity index (χ2v) is 5.16. The monoisotopic (exact) mass is 293 g/mol. The summed E-state index contributed by atoms with van der Waals surface area (Å²) in [7, 11) is 0. The molecular formula is C16H11N3OS. The third-order valence-electron chi connectivity index (χ3n) is 2.75. The van der Waals surface area contributed by atoms with Gasteiger partial charge in [-0.25, -0.2) is 0 Å². The Kier molecular flexibility index (Phi) is 4.50. The number of nitrogens with zero attached hydrogens (tertiary/aromatic N) is 3. The Labute approximate surface area is 125 Å². The van der Waals surface area contributed by atoms with Crippen LogP contribution in [-0.2, 0) is 6.54 Å². The normalized spacial score (nSPS) is 10.7. The van der Waals surface area contributed by atoms with Gasteiger partial charge in [0.15, 0.2) is 5.57 Å². The number of hydrogen-bond acceptors (Lipinski definition) is 4. The van der Waals surface area contributed by atoms with Crippen LogP contribution in [0.5, 0.6) is 0 Å². The highest BCUT2D eigenvalue weighted by Gasteiger charge is 2.07. The molecule has 0 saturated heterocycles. The first-order chi connectivity index (χ1) is 10.2. The van der Waals surface area contributed by atoms with Gasteiger partial charge >= 0.3 is 0 Å². The standard InChI is InChI=1S/C16H11N3OS/c1-2-8-19-15(20)14(9-12-6-4-3-5-7-12)21-16(19)13(10-17)11-18/h2-7,9H,1,8H2/b14-9+. The smallest absolute Gasteiger partial charge is 0.269 e. The summed E-state index contributed by atoms with van der Waals surface area (Å²) in [4.78, 5) is 12.4. The molecule has 0 saturated carbocycles. The van der Waals surface area contributed by atoms with Crippen molar-refractivity contribution in [3.63, 3.8) is 0 Å². The minimum absolute atomic E-state index is 0.0633. The van der Waals surface area contributed by atoms with Crippen molar-refractivity contribution in [3.05, 3.63) is 68.1 Å². The van der Waals surface area contributed by atoms with Crippen LogP contribution in [0.2, 0.25) is 0 Å². The van der Waals surface area contributed by atoms with Gasteiger partial charge in [0.2, 0.25) is 0 Å². The Morgan fingerprint density at radius 2 is 1.95 bits per heavy atom. The van der Waals surface area contributed by atoms with E-state index >= 15 is 0 Å². The number of benzene rings is 1. The predicted octanol–water partition coefficient (Wildman–Crippen LogP) is 1.12. The Hall–Kier alpha value is -2.89. The molecule has 0 atom stereocenters. The van der Waals surface area contributed by atoms with Crippen LogP contribution in [0.1, 0.15) is 5.56 Å². The molecule has 0 amide bonds. The van der Waals surface area contributed by atoms with E-state index in [0.29, 0.717) is 9.20 Å². The Balaban J connectivity index is 2.82. The molecule has 0 aliphatic carbocycles. The fraction of sp³-hybridized carbons (Fsp3) is 0.0625. The summed E-state index contributed by atoms with van der Waals surface area (Å²) in [6.07, 6.45) is 3.32. The second-order valence-electron chi connectivity index (χ2n) is 4.13. The van der Waals surface area contributed by atoms with Gasteiger partial charge in [0, 0.05) is 6.54 Å². The maximum Gasteiger partial charge on any atom is 0.269 e. The first-order valence-electron chi connectivity index (χ1n) is 6.13. The van der Waals surface area contributed by atoms with Crippen LogP contribution in [0.3, 0.4) is 0 Å². The van der Waals surface area contributed by atoms with E-state index in [1.807, 2.05) is 42.5 Å². The van der Waals surface area contributed by atoms with Gasteiger partial charge in [-0.2, -0.15) is 10.5 Å². The third-order valence-corrected chi connectivity index (χ3v) is 3.88. The van der Waals surface area contributed by atoms with Crippen molar-refractivity contribution in [2.45, 2.75) is 6.54 Å². The largest absolute Gasteiger partial charge is 0.293 e. The van der Waals surface area contributed by atoms with E-state index in [4.69, 9.17) is 10.5 Å². The fourth-order valence-corrected chi connectivity index (χ4v) is 2.88. The van der Waals surface area contributed by atoms with Crippen molar-refractivity contribution in [2.24, 2.45) is 0 Å². The number of allylic oxidation sites excluding steroid dienone is 1. The second kappa shape index (κ2) is 6.51. The van der Waals surface area contributed by atoms with Gasteiger partial charge in [0.05, 0.1) is 4.53 Å². The summed E-state index contributed by atoms with van der Waals surface area (Å²) in [5.74, 6) is 0. The Morgan fingerprint density at radius 1 is 1.29 bits per heavy atom. The minimum Gasteiger partial charge on any atom is -0.293 e. The maximum atomic E-state index is 12.4. The van der Waals surface area contributed by atoms with Crippen LogP contribution in [-0.4, -0.2) is 4.57 Å². The average molecular weight is 293 g/mol. The molecule has 21 heavy (non-hydrogen) atoms. The number of thiazole rings is 1. The highest BCUT2D eigenvalue weighted by atomic mass is 32.1. The molecule has 4 nitrogen and oxygen atoms in total. The van der Waals surface area contributed by atoms with E-state index in [-0.39, 0.29) is 17.7 Å². The molecule has 1 aromatic heterocycles. The van der Waals surface area contributed by atoms with Crippen LogP contribution in [0, 0.1) is 22.7 Å². The van der Waals surface area contributed by atoms with Crippen molar-refractivity contribution in [2.75, 3.05) is 0 Å². The van der Waals surface area contributed by atoms with Crippen LogP contribution in [0.25, 0.3) is 11.6 Å². The predicted molar refractivity (Wildman–Crippen MR) is 82.7 cm³/mol. The van der Waals surface area contributed by atoms with Crippen LogP contribution in [0.15, 0.2) is 47.8 Å². The van der Waals surface area contributed by atoms with Crippen LogP contribution in [0.4, 0.5) is 0 Å². The van der Waals surface area contributed by atoms with E-state index in [1.165, 1.54) is 4.57 Å². The summed E-state index contributed by atoms with van der Waals surface area (Å²) in [6.45, 7) is 3.87. The van der Waals surface area contributed by atoms with Gasteiger partial charge in [-0.1, -0.05) is 36.4 Å². The van der Waals surface area contributed by atoms with Crippen molar-refractivity contribution in [1.82, 2.24) is 4.57 Å². The van der Waals surface area contributed by atoms with E-state index in [9.17, 15) is 4.79 Å². The molecule has 102 valence electrons. The van der Waals surface area contributed by atoms with Gasteiger partial charge in [-0.15, -0.1) is 17.9 Å². The number of aromatic nitrogens is 1. The first-order valence-corrected chi connectivity index (χ1v) is 6.94. The molecule has 2 rings (SSSR count). The zero-order chi connectivity index (χ0) is 15.2. The summed E-state index contributed by atoms with van der Waals surface area (Å²) in [5, 5.41) is 18.0. The van der Waals surface area contributed by atoms with Gasteiger partial charge in [-0.05, 0) is 11.6 Å². The highest BCUT2D eigenvalue weighted by Crippen LogP contribution is 1.98. The lowest BCUT2D eigenvalue weighted by atomic mass is 10.2. The SMILES string of the molecule is C=CCn1c(=C(C#N)C#N)s/c(=C/c2ccccc2)c1=O. The molecule has 0 radical (unpaired) electrons. The van der Waals surface area contributed by atoms with E-state index in [1.54, 1.807) is 12.2 Å². The summed E-state index contributed by atoms with van der Waals surface area (Å²) < 4.78 is 2.25. The third kappa shape index (κ3) is 3.00. The van der Waals surface area contributed by atoms with Gasteiger partial charge < -0.3 is 0 Å². The molecule has 1 aromatic carbocycles. The molecule has 1 heterocycles. The maximum absolute atomic E-state index is 12.4. The van der Waals surface area contributed by atoms with Crippen molar-refractivity contribution in [3.8, 4) is 12.1 Å². The van der Waals surface area contributed by atoms with Crippen molar-refractivity contribution < 1.29 is 0 Å². The van der Waals surface area contributed by atoms with Crippen LogP contribution < -0.4 is 14.8 Å². The van der Waals surface area contributed by atoms with E-state index in [2.05, 4.69) is 6.58 Å². The zero-order valence-corrected chi connectivity index (χ0v) is 11.9. The molecule has 0 bridgehead atoms. The molecule has 0 fully saturated rings. The van der Waals surface area contributed by atoms with Crippen LogP contribution >= 0.6 is 11.3 Å². The fourth-order valence-electron chi connectivity index (χ4n) is 1.82. The summed E-state index contributed by atoms with van der Waals surface area (Å²) >= 11 is 1.14. The van der Waals surface area contributed by atoms with Gasteiger partial charge in [0.1, 0.15) is 16.8 Å². The van der Waals surface area contributed by atoms with Gasteiger partial charge in [-0.3, -0.25) is 9.36 Å². The Morgan fingerprint density at radius 3 is 2.52 bits per heavy atom. The van der Waals surface area contributed by atoms with E-state index in [0.717, 1.165) is 16.9 Å². The number of nitriles is 2. The molecule has 0 aliphatic heterocycles. The average Bonchev–Trinajstić information content (AvgIpc) is 2.80. The Bertz CT molecular complexity index is 905. The summed E-state index contributed by atoms with van der Waals surface area (Å²) in [6, 6.07) is 13.1. The lowest BCUT2D eigenvalue weighted by Gasteiger charge is -1.94.